The molecule has 13 heteroatoms. The van der Waals surface area contributed by atoms with Gasteiger partial charge in [0.1, 0.15) is 35.2 Å². The molecule has 0 aliphatic carbocycles. The number of amides is 1. The number of nitrogens with two attached hydrogens (primary N) is 2. The van der Waals surface area contributed by atoms with E-state index in [-0.39, 0.29) is 41.4 Å². The number of aromatic nitrogens is 4. The van der Waals surface area contributed by atoms with Crippen LogP contribution in [0.15, 0.2) is 55.0 Å². The number of nitrogens with zero attached hydrogens (tertiary/aromatic N) is 5. The van der Waals surface area contributed by atoms with Crippen LogP contribution in [-0.2, 0) is 19.1 Å². The molecular formula is C30H32F4N8O. The number of hydrogen-bond acceptors (Lipinski definition) is 7. The third-order valence-electron chi connectivity index (χ3n) is 7.74. The van der Waals surface area contributed by atoms with E-state index in [2.05, 4.69) is 19.9 Å². The zero-order valence-electron chi connectivity index (χ0n) is 23.5. The average molecular weight is 597 g/mol. The summed E-state index contributed by atoms with van der Waals surface area (Å²) in [6.45, 7) is 1.86. The molecule has 1 amide bonds. The van der Waals surface area contributed by atoms with Crippen molar-refractivity contribution in [2.75, 3.05) is 37.3 Å². The maximum absolute atomic E-state index is 14.7. The molecule has 0 bridgehead atoms. The van der Waals surface area contributed by atoms with Gasteiger partial charge >= 0.3 is 6.18 Å². The van der Waals surface area contributed by atoms with Crippen molar-refractivity contribution in [3.63, 3.8) is 0 Å². The van der Waals surface area contributed by atoms with Crippen LogP contribution in [0, 0.1) is 5.82 Å². The molecular weight excluding hydrogens is 564 g/mol. The van der Waals surface area contributed by atoms with Crippen LogP contribution < -0.4 is 16.4 Å². The Balaban J connectivity index is 1.36. The van der Waals surface area contributed by atoms with E-state index in [1.54, 1.807) is 6.20 Å². The first kappa shape index (κ1) is 30.0. The quantitative estimate of drug-likeness (QED) is 0.238. The van der Waals surface area contributed by atoms with Crippen LogP contribution in [0.1, 0.15) is 51.6 Å². The second-order valence-corrected chi connectivity index (χ2v) is 10.7. The Hall–Kier alpha value is -4.52. The summed E-state index contributed by atoms with van der Waals surface area (Å²) < 4.78 is 57.0. The smallest absolute Gasteiger partial charge is 0.383 e. The third-order valence-corrected chi connectivity index (χ3v) is 7.74. The summed E-state index contributed by atoms with van der Waals surface area (Å²) in [4.78, 5) is 31.6. The highest BCUT2D eigenvalue weighted by Gasteiger charge is 2.38. The second-order valence-electron chi connectivity index (χ2n) is 10.7. The summed E-state index contributed by atoms with van der Waals surface area (Å²) in [6.07, 6.45) is -0.782. The van der Waals surface area contributed by atoms with Gasteiger partial charge < -0.3 is 26.3 Å². The van der Waals surface area contributed by atoms with E-state index in [1.165, 1.54) is 12.4 Å². The molecule has 0 saturated carbocycles. The number of anilines is 2. The van der Waals surface area contributed by atoms with Crippen molar-refractivity contribution in [3.8, 4) is 11.3 Å². The predicted octanol–water partition coefficient (Wildman–Crippen LogP) is 4.76. The molecule has 3 heterocycles. The van der Waals surface area contributed by atoms with Crippen molar-refractivity contribution >= 4 is 17.5 Å². The van der Waals surface area contributed by atoms with E-state index >= 15 is 0 Å². The van der Waals surface area contributed by atoms with Crippen LogP contribution >= 0.6 is 0 Å². The van der Waals surface area contributed by atoms with Gasteiger partial charge in [-0.3, -0.25) is 4.79 Å². The summed E-state index contributed by atoms with van der Waals surface area (Å²) in [7, 11) is 1.82. The lowest BCUT2D eigenvalue weighted by Gasteiger charge is -2.32. The number of imidazole rings is 1. The molecule has 1 fully saturated rings. The molecule has 5 N–H and O–H groups in total. The first-order chi connectivity index (χ1) is 20.5. The van der Waals surface area contributed by atoms with Gasteiger partial charge in [0.15, 0.2) is 0 Å². The van der Waals surface area contributed by atoms with Crippen LogP contribution in [-0.4, -0.2) is 57.4 Å². The first-order valence-corrected chi connectivity index (χ1v) is 13.8. The van der Waals surface area contributed by atoms with Crippen LogP contribution in [0.25, 0.3) is 11.3 Å². The summed E-state index contributed by atoms with van der Waals surface area (Å²) in [5.41, 5.74) is 11.6. The van der Waals surface area contributed by atoms with Crippen molar-refractivity contribution in [2.45, 2.75) is 37.9 Å². The van der Waals surface area contributed by atoms with E-state index in [4.69, 9.17) is 11.5 Å². The monoisotopic (exact) mass is 596 g/mol. The third kappa shape index (κ3) is 6.61. The number of likely N-dealkylation sites (N-methyl/N-ethyl adjacent to an activating group) is 1. The molecule has 5 rings (SSSR count). The van der Waals surface area contributed by atoms with Gasteiger partial charge in [-0.05, 0) is 49.6 Å². The summed E-state index contributed by atoms with van der Waals surface area (Å²) in [5, 5.41) is 0. The number of nitrogens with one attached hydrogen (secondary N) is 1. The second kappa shape index (κ2) is 12.4. The Bertz CT molecular complexity index is 1580. The highest BCUT2D eigenvalue weighted by atomic mass is 19.4. The van der Waals surface area contributed by atoms with E-state index in [0.717, 1.165) is 11.6 Å². The molecule has 2 aromatic heterocycles. The van der Waals surface area contributed by atoms with Crippen LogP contribution in [0.4, 0.5) is 29.2 Å². The summed E-state index contributed by atoms with van der Waals surface area (Å²) in [5.74, 6) is -1.05. The molecule has 1 aliphatic heterocycles. The van der Waals surface area contributed by atoms with Gasteiger partial charge in [0, 0.05) is 43.9 Å². The van der Waals surface area contributed by atoms with Crippen molar-refractivity contribution in [1.29, 1.82) is 0 Å². The van der Waals surface area contributed by atoms with Crippen molar-refractivity contribution in [2.24, 2.45) is 5.73 Å². The number of carbonyl (C=O) groups excluding carboxylic acids is 1. The van der Waals surface area contributed by atoms with Crippen molar-refractivity contribution < 1.29 is 22.4 Å². The number of piperidine rings is 1. The molecule has 1 aliphatic rings. The molecule has 1 saturated heterocycles. The van der Waals surface area contributed by atoms with Gasteiger partial charge in [0.05, 0.1) is 11.3 Å². The van der Waals surface area contributed by atoms with Gasteiger partial charge in [-0.2, -0.15) is 13.2 Å². The van der Waals surface area contributed by atoms with Crippen LogP contribution in [0.2, 0.25) is 0 Å². The number of alkyl halides is 3. The lowest BCUT2D eigenvalue weighted by atomic mass is 9.94. The molecule has 43 heavy (non-hydrogen) atoms. The molecule has 0 radical (unpaired) electrons. The number of nitrogen functional groups attached to an aromatic ring is 1. The number of primary amides is 1. The maximum atomic E-state index is 14.7. The summed E-state index contributed by atoms with van der Waals surface area (Å²) in [6, 6.07) is 11.8. The molecule has 2 aromatic carbocycles. The number of benzene rings is 2. The van der Waals surface area contributed by atoms with E-state index in [1.807, 2.05) is 47.2 Å². The molecule has 4 aromatic rings. The lowest BCUT2D eigenvalue weighted by molar-refractivity contribution is -0.140. The van der Waals surface area contributed by atoms with E-state index < -0.39 is 23.5 Å². The van der Waals surface area contributed by atoms with Crippen LogP contribution in [0.5, 0.6) is 0 Å². The molecule has 0 spiro atoms. The minimum atomic E-state index is -4.87. The Labute approximate surface area is 246 Å². The molecule has 226 valence electrons. The Morgan fingerprint density at radius 3 is 2.51 bits per heavy atom. The highest BCUT2D eigenvalue weighted by molar-refractivity contribution is 6.01. The molecule has 0 unspecified atom stereocenters. The lowest BCUT2D eigenvalue weighted by Crippen LogP contribution is -2.35. The number of carbonyl (C=O) groups is 1. The number of rotatable bonds is 9. The largest absolute Gasteiger partial charge is 0.419 e. The number of aromatic amines is 1. The fraction of sp³-hybridized carbons (Fsp3) is 0.333. The Kier molecular flexibility index (Phi) is 8.62. The minimum absolute atomic E-state index is 0.00916. The Morgan fingerprint density at radius 1 is 1.12 bits per heavy atom. The topological polar surface area (TPSA) is 130 Å². The maximum Gasteiger partial charge on any atom is 0.419 e. The van der Waals surface area contributed by atoms with Crippen LogP contribution in [0.3, 0.4) is 0 Å². The number of hydrogen-bond donors (Lipinski definition) is 3. The number of H-pyrrole nitrogens is 1. The fourth-order valence-corrected chi connectivity index (χ4v) is 5.62. The van der Waals surface area contributed by atoms with Crippen molar-refractivity contribution in [1.82, 2.24) is 24.8 Å². The average Bonchev–Trinajstić information content (AvgIpc) is 3.46. The normalized spacial score (nSPS) is 14.4. The predicted molar refractivity (Wildman–Crippen MR) is 155 cm³/mol. The van der Waals surface area contributed by atoms with Crippen molar-refractivity contribution in [3.05, 3.63) is 88.9 Å². The van der Waals surface area contributed by atoms with E-state index in [9.17, 15) is 22.4 Å². The zero-order valence-corrected chi connectivity index (χ0v) is 23.5. The van der Waals surface area contributed by atoms with E-state index in [0.29, 0.717) is 49.8 Å². The van der Waals surface area contributed by atoms with Gasteiger partial charge in [-0.25, -0.2) is 19.3 Å². The van der Waals surface area contributed by atoms with Gasteiger partial charge in [0.2, 0.25) is 0 Å². The first-order valence-electron chi connectivity index (χ1n) is 13.8. The molecule has 9 nitrogen and oxygen atoms in total. The molecule has 0 atom stereocenters. The van der Waals surface area contributed by atoms with Gasteiger partial charge in [-0.1, -0.05) is 30.3 Å². The van der Waals surface area contributed by atoms with Gasteiger partial charge in [0.25, 0.3) is 5.91 Å². The Morgan fingerprint density at radius 2 is 1.84 bits per heavy atom. The SMILES string of the molecule is CN(CCc1c(-c2c[nH]c(C3CCN(c4ncnc(N)c4C(N)=O)CC3)n2)ccc(F)c1C(F)(F)F)Cc1ccccc1. The zero-order chi connectivity index (χ0) is 30.7. The summed E-state index contributed by atoms with van der Waals surface area (Å²) >= 11 is 0. The fourth-order valence-electron chi connectivity index (χ4n) is 5.62. The van der Waals surface area contributed by atoms with Gasteiger partial charge in [-0.15, -0.1) is 0 Å². The minimum Gasteiger partial charge on any atom is -0.383 e. The standard InChI is InChI=1S/C30H32F4N8O/c1-41(16-18-5-3-2-4-6-18)12-11-21-20(7-8-22(31)25(21)30(32,33)34)23-15-37-28(40-23)19-9-13-42(14-10-19)29-24(27(36)43)26(35)38-17-39-29/h2-8,15,17,19H,9-14,16H2,1H3,(H2,36,43)(H,37,40)(H2,35,38,39). The highest BCUT2D eigenvalue weighted by Crippen LogP contribution is 2.39. The number of halogens is 4.